The van der Waals surface area contributed by atoms with Gasteiger partial charge in [0.05, 0.1) is 8.07 Å². The van der Waals surface area contributed by atoms with Crippen LogP contribution >= 0.6 is 0 Å². The Hall–Kier alpha value is -1.45. The monoisotopic (exact) mass is 301 g/mol. The van der Waals surface area contributed by atoms with Gasteiger partial charge < -0.3 is 5.32 Å². The summed E-state index contributed by atoms with van der Waals surface area (Å²) in [5.74, 6) is -0.147. The highest BCUT2D eigenvalue weighted by molar-refractivity contribution is 6.88. The van der Waals surface area contributed by atoms with Crippen molar-refractivity contribution in [2.75, 3.05) is 0 Å². The van der Waals surface area contributed by atoms with Gasteiger partial charge in [0, 0.05) is 18.2 Å². The van der Waals surface area contributed by atoms with Gasteiger partial charge in [-0.1, -0.05) is 67.3 Å². The Morgan fingerprint density at radius 2 is 1.62 bits per heavy atom. The Morgan fingerprint density at radius 1 is 1.00 bits per heavy atom. The lowest BCUT2D eigenvalue weighted by Gasteiger charge is -2.18. The smallest absolute Gasteiger partial charge is 0.127 e. The van der Waals surface area contributed by atoms with Crippen molar-refractivity contribution < 1.29 is 4.39 Å². The Kier molecular flexibility index (Phi) is 4.96. The maximum atomic E-state index is 13.7. The average molecular weight is 301 g/mol. The Labute approximate surface area is 128 Å². The molecule has 0 heterocycles. The summed E-state index contributed by atoms with van der Waals surface area (Å²) < 4.78 is 13.7. The molecule has 0 bridgehead atoms. The summed E-state index contributed by atoms with van der Waals surface area (Å²) in [7, 11) is -1.23. The van der Waals surface area contributed by atoms with Crippen molar-refractivity contribution in [3.63, 3.8) is 0 Å². The largest absolute Gasteiger partial charge is 0.306 e. The zero-order chi connectivity index (χ0) is 15.5. The van der Waals surface area contributed by atoms with Crippen LogP contribution in [-0.4, -0.2) is 8.07 Å². The number of hydrogen-bond acceptors (Lipinski definition) is 1. The zero-order valence-corrected chi connectivity index (χ0v) is 14.3. The van der Waals surface area contributed by atoms with Crippen LogP contribution in [0.4, 0.5) is 4.39 Å². The molecule has 21 heavy (non-hydrogen) atoms. The lowest BCUT2D eigenvalue weighted by atomic mass is 10.1. The highest BCUT2D eigenvalue weighted by atomic mass is 28.3. The first-order chi connectivity index (χ1) is 9.88. The van der Waals surface area contributed by atoms with Gasteiger partial charge in [0.1, 0.15) is 5.82 Å². The van der Waals surface area contributed by atoms with Crippen molar-refractivity contribution in [2.45, 2.75) is 39.2 Å². The van der Waals surface area contributed by atoms with Gasteiger partial charge >= 0.3 is 0 Å². The third kappa shape index (κ3) is 4.25. The van der Waals surface area contributed by atoms with Crippen molar-refractivity contribution in [1.29, 1.82) is 0 Å². The first-order valence-electron chi connectivity index (χ1n) is 7.45. The molecule has 0 radical (unpaired) electrons. The molecule has 0 spiro atoms. The quantitative estimate of drug-likeness (QED) is 0.815. The average Bonchev–Trinajstić information content (AvgIpc) is 2.45. The van der Waals surface area contributed by atoms with E-state index in [0.717, 1.165) is 12.1 Å². The van der Waals surface area contributed by atoms with Crippen LogP contribution in [0.2, 0.25) is 19.6 Å². The fourth-order valence-electron chi connectivity index (χ4n) is 2.33. The molecular formula is C18H24FNSi. The van der Waals surface area contributed by atoms with E-state index in [4.69, 9.17) is 0 Å². The van der Waals surface area contributed by atoms with Gasteiger partial charge in [-0.05, 0) is 18.6 Å². The van der Waals surface area contributed by atoms with Gasteiger partial charge in [0.25, 0.3) is 0 Å². The summed E-state index contributed by atoms with van der Waals surface area (Å²) in [6, 6.07) is 15.8. The van der Waals surface area contributed by atoms with Crippen molar-refractivity contribution in [3.8, 4) is 0 Å². The molecule has 2 aromatic carbocycles. The van der Waals surface area contributed by atoms with Gasteiger partial charge in [0.15, 0.2) is 0 Å². The topological polar surface area (TPSA) is 12.0 Å². The van der Waals surface area contributed by atoms with Gasteiger partial charge in [0.2, 0.25) is 0 Å². The predicted octanol–water partition coefficient (Wildman–Crippen LogP) is 4.22. The Bertz CT molecular complexity index is 587. The van der Waals surface area contributed by atoms with E-state index in [1.807, 2.05) is 19.1 Å². The summed E-state index contributed by atoms with van der Waals surface area (Å²) in [5, 5.41) is 4.85. The normalized spacial score (nSPS) is 13.2. The minimum absolute atomic E-state index is 0.00266. The van der Waals surface area contributed by atoms with Crippen LogP contribution < -0.4 is 10.5 Å². The highest BCUT2D eigenvalue weighted by Gasteiger charge is 2.15. The molecule has 1 atom stereocenters. The van der Waals surface area contributed by atoms with Crippen molar-refractivity contribution in [2.24, 2.45) is 0 Å². The number of rotatable bonds is 5. The molecule has 0 saturated heterocycles. The van der Waals surface area contributed by atoms with Crippen LogP contribution in [0.25, 0.3) is 0 Å². The van der Waals surface area contributed by atoms with E-state index in [1.54, 1.807) is 6.07 Å². The third-order valence-corrected chi connectivity index (χ3v) is 5.87. The Morgan fingerprint density at radius 3 is 2.19 bits per heavy atom. The SMILES string of the molecule is CC(NCc1ccc([Si](C)(C)C)cc1)c1ccccc1F. The maximum absolute atomic E-state index is 13.7. The molecule has 0 saturated carbocycles. The second kappa shape index (κ2) is 6.54. The second-order valence-corrected chi connectivity index (χ2v) is 11.6. The molecule has 3 heteroatoms. The number of hydrogen-bond donors (Lipinski definition) is 1. The van der Waals surface area contributed by atoms with Crippen LogP contribution in [0.15, 0.2) is 48.5 Å². The summed E-state index contributed by atoms with van der Waals surface area (Å²) >= 11 is 0. The van der Waals surface area contributed by atoms with E-state index in [0.29, 0.717) is 0 Å². The minimum Gasteiger partial charge on any atom is -0.306 e. The van der Waals surface area contributed by atoms with E-state index in [1.165, 1.54) is 16.8 Å². The van der Waals surface area contributed by atoms with E-state index < -0.39 is 8.07 Å². The molecule has 0 aliphatic carbocycles. The van der Waals surface area contributed by atoms with Gasteiger partial charge in [-0.2, -0.15) is 0 Å². The van der Waals surface area contributed by atoms with Crippen molar-refractivity contribution in [1.82, 2.24) is 5.32 Å². The fraction of sp³-hybridized carbons (Fsp3) is 0.333. The molecule has 0 aliphatic heterocycles. The molecule has 1 N–H and O–H groups in total. The summed E-state index contributed by atoms with van der Waals surface area (Å²) in [5.41, 5.74) is 1.96. The first-order valence-corrected chi connectivity index (χ1v) is 10.9. The highest BCUT2D eigenvalue weighted by Crippen LogP contribution is 2.16. The fourth-order valence-corrected chi connectivity index (χ4v) is 3.50. The maximum Gasteiger partial charge on any atom is 0.127 e. The van der Waals surface area contributed by atoms with E-state index in [9.17, 15) is 4.39 Å². The van der Waals surface area contributed by atoms with Crippen molar-refractivity contribution >= 4 is 13.3 Å². The zero-order valence-electron chi connectivity index (χ0n) is 13.3. The van der Waals surface area contributed by atoms with Crippen LogP contribution in [0.3, 0.4) is 0 Å². The standard InChI is InChI=1S/C18H24FNSi/c1-14(17-7-5-6-8-18(17)19)20-13-15-9-11-16(12-10-15)21(2,3)4/h5-12,14,20H,13H2,1-4H3. The van der Waals surface area contributed by atoms with Crippen LogP contribution in [0.1, 0.15) is 24.1 Å². The van der Waals surface area contributed by atoms with Crippen LogP contribution in [0.5, 0.6) is 0 Å². The third-order valence-electron chi connectivity index (χ3n) is 3.80. The summed E-state index contributed by atoms with van der Waals surface area (Å²) in [6.07, 6.45) is 0. The predicted molar refractivity (Wildman–Crippen MR) is 91.1 cm³/mol. The molecule has 112 valence electrons. The molecular weight excluding hydrogens is 277 g/mol. The first kappa shape index (κ1) is 15.9. The van der Waals surface area contributed by atoms with Crippen molar-refractivity contribution in [3.05, 3.63) is 65.5 Å². The number of benzene rings is 2. The Balaban J connectivity index is 1.99. The second-order valence-electron chi connectivity index (χ2n) is 6.57. The summed E-state index contributed by atoms with van der Waals surface area (Å²) in [4.78, 5) is 0. The van der Waals surface area contributed by atoms with E-state index >= 15 is 0 Å². The molecule has 1 nitrogen and oxygen atoms in total. The molecule has 0 amide bonds. The van der Waals surface area contributed by atoms with Gasteiger partial charge in [-0.15, -0.1) is 0 Å². The van der Waals surface area contributed by atoms with Gasteiger partial charge in [-0.3, -0.25) is 0 Å². The molecule has 2 aromatic rings. The van der Waals surface area contributed by atoms with Crippen LogP contribution in [0, 0.1) is 5.82 Å². The lowest BCUT2D eigenvalue weighted by Crippen LogP contribution is -2.37. The number of halogens is 1. The molecule has 2 rings (SSSR count). The lowest BCUT2D eigenvalue weighted by molar-refractivity contribution is 0.528. The molecule has 1 unspecified atom stereocenters. The molecule has 0 aliphatic rings. The number of nitrogens with one attached hydrogen (secondary N) is 1. The van der Waals surface area contributed by atoms with Gasteiger partial charge in [-0.25, -0.2) is 4.39 Å². The van der Waals surface area contributed by atoms with Crippen LogP contribution in [-0.2, 0) is 6.54 Å². The molecule has 0 aromatic heterocycles. The van der Waals surface area contributed by atoms with E-state index in [2.05, 4.69) is 49.2 Å². The summed E-state index contributed by atoms with van der Waals surface area (Å²) in [6.45, 7) is 9.79. The molecule has 0 fully saturated rings. The minimum atomic E-state index is -1.23. The van der Waals surface area contributed by atoms with E-state index in [-0.39, 0.29) is 11.9 Å².